The summed E-state index contributed by atoms with van der Waals surface area (Å²) in [5.74, 6) is -0.0345. The maximum Gasteiger partial charge on any atom is 0.274 e. The van der Waals surface area contributed by atoms with Crippen LogP contribution in [-0.2, 0) is 7.05 Å². The summed E-state index contributed by atoms with van der Waals surface area (Å²) in [5.41, 5.74) is 3.82. The van der Waals surface area contributed by atoms with Crippen molar-refractivity contribution in [1.82, 2.24) is 29.5 Å². The molecule has 0 bridgehead atoms. The highest BCUT2D eigenvalue weighted by atomic mass is 16.2. The van der Waals surface area contributed by atoms with Gasteiger partial charge in [-0.05, 0) is 18.1 Å². The average molecular weight is 350 g/mol. The highest BCUT2D eigenvalue weighted by molar-refractivity contribution is 5.92. The van der Waals surface area contributed by atoms with Gasteiger partial charge in [0, 0.05) is 39.1 Å². The molecule has 1 saturated heterocycles. The second kappa shape index (κ2) is 6.76. The molecule has 3 heterocycles. The van der Waals surface area contributed by atoms with E-state index in [2.05, 4.69) is 34.5 Å². The molecule has 0 aliphatic carbocycles. The number of nitrogens with one attached hydrogen (secondary N) is 1. The molecule has 1 N–H and O–H groups in total. The Morgan fingerprint density at radius 3 is 2.88 bits per heavy atom. The van der Waals surface area contributed by atoms with Crippen molar-refractivity contribution in [2.45, 2.75) is 13.0 Å². The molecule has 7 heteroatoms. The molecule has 2 aromatic heterocycles. The molecule has 1 amide bonds. The fourth-order valence-electron chi connectivity index (χ4n) is 3.40. The van der Waals surface area contributed by atoms with Gasteiger partial charge in [-0.15, -0.1) is 0 Å². The molecule has 1 fully saturated rings. The number of nitrogens with zero attached hydrogens (tertiary/aromatic N) is 5. The summed E-state index contributed by atoms with van der Waals surface area (Å²) < 4.78 is 3.54. The van der Waals surface area contributed by atoms with Gasteiger partial charge in [0.15, 0.2) is 0 Å². The van der Waals surface area contributed by atoms with Gasteiger partial charge in [-0.3, -0.25) is 9.48 Å². The predicted molar refractivity (Wildman–Crippen MR) is 98.2 cm³/mol. The number of carbonyl (C=O) groups is 1. The van der Waals surface area contributed by atoms with E-state index in [-0.39, 0.29) is 11.9 Å². The first-order valence-electron chi connectivity index (χ1n) is 8.73. The summed E-state index contributed by atoms with van der Waals surface area (Å²) in [6, 6.07) is 8.45. The summed E-state index contributed by atoms with van der Waals surface area (Å²) in [6.45, 7) is 4.20. The van der Waals surface area contributed by atoms with Crippen LogP contribution in [0.15, 0.2) is 49.2 Å². The third-order valence-corrected chi connectivity index (χ3v) is 4.82. The van der Waals surface area contributed by atoms with E-state index in [1.807, 2.05) is 34.8 Å². The standard InChI is InChI=1S/C19H22N6O/c1-14-5-3-4-6-16(14)17-11-24(8-7-20-17)19(26)18-12-25(13-21-18)15-9-22-23(2)10-15/h3-6,9-10,12-13,17,20H,7-8,11H2,1-2H3. The zero-order valence-electron chi connectivity index (χ0n) is 15.0. The second-order valence-corrected chi connectivity index (χ2v) is 6.65. The van der Waals surface area contributed by atoms with Gasteiger partial charge in [0.1, 0.15) is 12.0 Å². The molecule has 1 atom stereocenters. The minimum Gasteiger partial charge on any atom is -0.334 e. The molecule has 0 saturated carbocycles. The minimum absolute atomic E-state index is 0.0345. The Labute approximate surface area is 152 Å². The fourth-order valence-corrected chi connectivity index (χ4v) is 3.40. The molecule has 1 aliphatic rings. The maximum atomic E-state index is 12.9. The van der Waals surface area contributed by atoms with Gasteiger partial charge in [-0.2, -0.15) is 5.10 Å². The third kappa shape index (κ3) is 3.13. The van der Waals surface area contributed by atoms with Crippen molar-refractivity contribution in [3.63, 3.8) is 0 Å². The monoisotopic (exact) mass is 350 g/mol. The largest absolute Gasteiger partial charge is 0.334 e. The average Bonchev–Trinajstić information content (AvgIpc) is 3.30. The van der Waals surface area contributed by atoms with Crippen LogP contribution in [0.25, 0.3) is 5.69 Å². The molecule has 1 aliphatic heterocycles. The van der Waals surface area contributed by atoms with Crippen LogP contribution in [0.4, 0.5) is 0 Å². The minimum atomic E-state index is -0.0345. The molecule has 134 valence electrons. The highest BCUT2D eigenvalue weighted by Crippen LogP contribution is 2.21. The van der Waals surface area contributed by atoms with Gasteiger partial charge < -0.3 is 14.8 Å². The first-order valence-corrected chi connectivity index (χ1v) is 8.73. The molecule has 1 unspecified atom stereocenters. The smallest absolute Gasteiger partial charge is 0.274 e. The molecule has 7 nitrogen and oxygen atoms in total. The van der Waals surface area contributed by atoms with Crippen molar-refractivity contribution in [1.29, 1.82) is 0 Å². The number of hydrogen-bond donors (Lipinski definition) is 1. The van der Waals surface area contributed by atoms with E-state index in [1.54, 1.807) is 23.4 Å². The SMILES string of the molecule is Cc1ccccc1C1CN(C(=O)c2cn(-c3cnn(C)c3)cn2)CCN1. The first kappa shape index (κ1) is 16.5. The Kier molecular flexibility index (Phi) is 4.30. The summed E-state index contributed by atoms with van der Waals surface area (Å²) in [6.07, 6.45) is 7.05. The zero-order chi connectivity index (χ0) is 18.1. The van der Waals surface area contributed by atoms with E-state index in [9.17, 15) is 4.79 Å². The third-order valence-electron chi connectivity index (χ3n) is 4.82. The van der Waals surface area contributed by atoms with E-state index in [1.165, 1.54) is 11.1 Å². The Bertz CT molecular complexity index is 928. The van der Waals surface area contributed by atoms with Crippen LogP contribution in [0.3, 0.4) is 0 Å². The molecular formula is C19H22N6O. The number of hydrogen-bond acceptors (Lipinski definition) is 4. The van der Waals surface area contributed by atoms with E-state index in [4.69, 9.17) is 0 Å². The topological polar surface area (TPSA) is 68.0 Å². The number of rotatable bonds is 3. The van der Waals surface area contributed by atoms with Crippen molar-refractivity contribution in [2.24, 2.45) is 7.05 Å². The molecule has 3 aromatic rings. The maximum absolute atomic E-state index is 12.9. The normalized spacial score (nSPS) is 17.5. The number of carbonyl (C=O) groups excluding carboxylic acids is 1. The van der Waals surface area contributed by atoms with Gasteiger partial charge in [0.2, 0.25) is 0 Å². The van der Waals surface area contributed by atoms with Gasteiger partial charge in [-0.1, -0.05) is 24.3 Å². The lowest BCUT2D eigenvalue weighted by atomic mass is 9.99. The summed E-state index contributed by atoms with van der Waals surface area (Å²) in [5, 5.41) is 7.67. The molecule has 0 radical (unpaired) electrons. The summed E-state index contributed by atoms with van der Waals surface area (Å²) in [4.78, 5) is 19.1. The molecule has 0 spiro atoms. The molecule has 26 heavy (non-hydrogen) atoms. The zero-order valence-corrected chi connectivity index (χ0v) is 15.0. The van der Waals surface area contributed by atoms with Crippen LogP contribution in [0.1, 0.15) is 27.7 Å². The highest BCUT2D eigenvalue weighted by Gasteiger charge is 2.27. The van der Waals surface area contributed by atoms with Crippen LogP contribution in [0, 0.1) is 6.92 Å². The quantitative estimate of drug-likeness (QED) is 0.781. The number of benzene rings is 1. The first-order chi connectivity index (χ1) is 12.6. The fraction of sp³-hybridized carbons (Fsp3) is 0.316. The molecule has 4 rings (SSSR count). The Balaban J connectivity index is 1.51. The van der Waals surface area contributed by atoms with Crippen molar-refractivity contribution in [3.8, 4) is 5.69 Å². The van der Waals surface area contributed by atoms with E-state index in [0.29, 0.717) is 18.8 Å². The number of imidazole rings is 1. The van der Waals surface area contributed by atoms with E-state index < -0.39 is 0 Å². The summed E-state index contributed by atoms with van der Waals surface area (Å²) >= 11 is 0. The van der Waals surface area contributed by atoms with E-state index >= 15 is 0 Å². The van der Waals surface area contributed by atoms with Crippen molar-refractivity contribution >= 4 is 5.91 Å². The van der Waals surface area contributed by atoms with Crippen molar-refractivity contribution in [2.75, 3.05) is 19.6 Å². The lowest BCUT2D eigenvalue weighted by molar-refractivity contribution is 0.0697. The lowest BCUT2D eigenvalue weighted by Gasteiger charge is -2.34. The number of amides is 1. The van der Waals surface area contributed by atoms with Crippen molar-refractivity contribution in [3.05, 3.63) is 66.0 Å². The predicted octanol–water partition coefficient (Wildman–Crippen LogP) is 1.70. The van der Waals surface area contributed by atoms with Gasteiger partial charge in [0.25, 0.3) is 5.91 Å². The number of piperazine rings is 1. The van der Waals surface area contributed by atoms with Gasteiger partial charge in [0.05, 0.1) is 17.9 Å². The van der Waals surface area contributed by atoms with Crippen LogP contribution < -0.4 is 5.32 Å². The Morgan fingerprint density at radius 1 is 1.27 bits per heavy atom. The molecule has 1 aromatic carbocycles. The van der Waals surface area contributed by atoms with Crippen LogP contribution >= 0.6 is 0 Å². The molecular weight excluding hydrogens is 328 g/mol. The van der Waals surface area contributed by atoms with Gasteiger partial charge in [-0.25, -0.2) is 4.98 Å². The van der Waals surface area contributed by atoms with Crippen LogP contribution in [-0.4, -0.2) is 49.8 Å². The Morgan fingerprint density at radius 2 is 2.12 bits per heavy atom. The van der Waals surface area contributed by atoms with Crippen LogP contribution in [0.2, 0.25) is 0 Å². The second-order valence-electron chi connectivity index (χ2n) is 6.65. The van der Waals surface area contributed by atoms with Gasteiger partial charge >= 0.3 is 0 Å². The lowest BCUT2D eigenvalue weighted by Crippen LogP contribution is -2.48. The number of aryl methyl sites for hydroxylation is 2. The van der Waals surface area contributed by atoms with Crippen LogP contribution in [0.5, 0.6) is 0 Å². The Hall–Kier alpha value is -2.93. The summed E-state index contributed by atoms with van der Waals surface area (Å²) in [7, 11) is 1.86. The number of aromatic nitrogens is 4. The van der Waals surface area contributed by atoms with Crippen molar-refractivity contribution < 1.29 is 4.79 Å². The van der Waals surface area contributed by atoms with E-state index in [0.717, 1.165) is 12.2 Å².